The molecule has 2 aromatic heterocycles. The maximum Gasteiger partial charge on any atom is 0.257 e. The van der Waals surface area contributed by atoms with Gasteiger partial charge in [-0.05, 0) is 26.3 Å². The number of morpholine rings is 1. The van der Waals surface area contributed by atoms with Crippen molar-refractivity contribution in [2.45, 2.75) is 51.5 Å². The quantitative estimate of drug-likeness (QED) is 0.819. The van der Waals surface area contributed by atoms with Gasteiger partial charge in [0.25, 0.3) is 5.91 Å². The lowest BCUT2D eigenvalue weighted by Crippen LogP contribution is -2.41. The van der Waals surface area contributed by atoms with Gasteiger partial charge >= 0.3 is 0 Å². The van der Waals surface area contributed by atoms with Crippen LogP contribution >= 0.6 is 0 Å². The highest BCUT2D eigenvalue weighted by molar-refractivity contribution is 5.95. The molecule has 2 saturated heterocycles. The fraction of sp³-hybridized carbons (Fsp3) is 0.700. The van der Waals surface area contributed by atoms with E-state index in [4.69, 9.17) is 9.26 Å². The van der Waals surface area contributed by atoms with Gasteiger partial charge in [0.1, 0.15) is 0 Å². The van der Waals surface area contributed by atoms with Crippen molar-refractivity contribution in [2.75, 3.05) is 39.4 Å². The molecule has 0 bridgehead atoms. The van der Waals surface area contributed by atoms with Gasteiger partial charge < -0.3 is 14.2 Å². The Hall–Kier alpha value is -2.26. The van der Waals surface area contributed by atoms with Gasteiger partial charge in [-0.25, -0.2) is 0 Å². The first kappa shape index (κ1) is 20.0. The zero-order chi connectivity index (χ0) is 20.4. The third-order valence-electron chi connectivity index (χ3n) is 5.94. The molecule has 2 aliphatic rings. The molecule has 158 valence electrons. The van der Waals surface area contributed by atoms with Crippen LogP contribution < -0.4 is 0 Å². The normalized spacial score (nSPS) is 22.2. The molecular weight excluding hydrogens is 372 g/mol. The lowest BCUT2D eigenvalue weighted by molar-refractivity contribution is 0.0301. The molecule has 9 heteroatoms. The Labute approximate surface area is 170 Å². The van der Waals surface area contributed by atoms with Crippen molar-refractivity contribution in [3.63, 3.8) is 0 Å². The summed E-state index contributed by atoms with van der Waals surface area (Å²) in [7, 11) is 0. The summed E-state index contributed by atoms with van der Waals surface area (Å²) in [5, 5.41) is 11.4. The molecule has 0 spiro atoms. The number of carbonyl (C=O) groups excluding carboxylic acids is 1. The molecule has 0 radical (unpaired) electrons. The van der Waals surface area contributed by atoms with Crippen molar-refractivity contribution in [2.24, 2.45) is 0 Å². The van der Waals surface area contributed by atoms with Crippen LogP contribution in [-0.4, -0.2) is 75.4 Å². The standard InChI is InChI=1S/C20H30N6O3/c1-13(2)18-22-19(29-24-18)14(3)26-6-4-5-15(12-26)17-16(11-21-23-17)20(27)25-7-9-28-10-8-25/h11,13-15H,4-10,12H2,1-3H3,(H,21,23)/t14-,15-/m0/s1. The minimum absolute atomic E-state index is 0.0408. The van der Waals surface area contributed by atoms with E-state index < -0.39 is 0 Å². The molecule has 2 fully saturated rings. The molecule has 1 amide bonds. The minimum Gasteiger partial charge on any atom is -0.378 e. The third kappa shape index (κ3) is 4.20. The molecule has 0 unspecified atom stereocenters. The number of nitrogens with one attached hydrogen (secondary N) is 1. The van der Waals surface area contributed by atoms with Gasteiger partial charge in [-0.15, -0.1) is 0 Å². The van der Waals surface area contributed by atoms with E-state index in [1.807, 2.05) is 4.90 Å². The zero-order valence-corrected chi connectivity index (χ0v) is 17.4. The highest BCUT2D eigenvalue weighted by Crippen LogP contribution is 2.32. The number of carbonyl (C=O) groups is 1. The Bertz CT molecular complexity index is 826. The minimum atomic E-state index is 0.0408. The number of nitrogens with zero attached hydrogens (tertiary/aromatic N) is 5. The maximum atomic E-state index is 13.0. The van der Waals surface area contributed by atoms with E-state index in [1.165, 1.54) is 0 Å². The van der Waals surface area contributed by atoms with Crippen LogP contribution in [0.3, 0.4) is 0 Å². The lowest BCUT2D eigenvalue weighted by Gasteiger charge is -2.35. The Balaban J connectivity index is 1.47. The summed E-state index contributed by atoms with van der Waals surface area (Å²) in [6.07, 6.45) is 3.74. The number of amides is 1. The van der Waals surface area contributed by atoms with Crippen molar-refractivity contribution in [3.8, 4) is 0 Å². The summed E-state index contributed by atoms with van der Waals surface area (Å²) in [5.74, 6) is 1.91. The second-order valence-electron chi connectivity index (χ2n) is 8.26. The Kier molecular flexibility index (Phi) is 5.96. The average molecular weight is 402 g/mol. The summed E-state index contributed by atoms with van der Waals surface area (Å²) in [6.45, 7) is 10.5. The highest BCUT2D eigenvalue weighted by atomic mass is 16.5. The summed E-state index contributed by atoms with van der Waals surface area (Å²) in [5.41, 5.74) is 1.62. The van der Waals surface area contributed by atoms with Gasteiger partial charge in [0.05, 0.1) is 36.7 Å². The molecule has 4 heterocycles. The van der Waals surface area contributed by atoms with E-state index in [0.29, 0.717) is 37.8 Å². The summed E-state index contributed by atoms with van der Waals surface area (Å²) >= 11 is 0. The van der Waals surface area contributed by atoms with Crippen LogP contribution in [0.1, 0.15) is 79.3 Å². The number of hydrogen-bond acceptors (Lipinski definition) is 7. The molecule has 0 saturated carbocycles. The third-order valence-corrected chi connectivity index (χ3v) is 5.94. The molecule has 0 aliphatic carbocycles. The van der Waals surface area contributed by atoms with Crippen LogP contribution in [0.5, 0.6) is 0 Å². The first-order valence-electron chi connectivity index (χ1n) is 10.5. The van der Waals surface area contributed by atoms with E-state index in [1.54, 1.807) is 6.20 Å². The Morgan fingerprint density at radius 2 is 2.03 bits per heavy atom. The molecule has 2 aromatic rings. The van der Waals surface area contributed by atoms with Crippen LogP contribution in [0.2, 0.25) is 0 Å². The molecular formula is C20H30N6O3. The van der Waals surface area contributed by atoms with Gasteiger partial charge in [0.15, 0.2) is 5.82 Å². The van der Waals surface area contributed by atoms with Crippen LogP contribution in [0.15, 0.2) is 10.7 Å². The summed E-state index contributed by atoms with van der Waals surface area (Å²) < 4.78 is 10.9. The molecule has 2 atom stereocenters. The van der Waals surface area contributed by atoms with Crippen molar-refractivity contribution >= 4 is 5.91 Å². The molecule has 2 aliphatic heterocycles. The van der Waals surface area contributed by atoms with Crippen molar-refractivity contribution < 1.29 is 14.1 Å². The maximum absolute atomic E-state index is 13.0. The number of aromatic amines is 1. The number of rotatable bonds is 5. The van der Waals surface area contributed by atoms with Crippen molar-refractivity contribution in [3.05, 3.63) is 29.2 Å². The molecule has 1 N–H and O–H groups in total. The van der Waals surface area contributed by atoms with E-state index in [2.05, 4.69) is 46.0 Å². The molecule has 0 aromatic carbocycles. The predicted molar refractivity (Wildman–Crippen MR) is 106 cm³/mol. The number of piperidine rings is 1. The van der Waals surface area contributed by atoms with Crippen molar-refractivity contribution in [1.82, 2.24) is 30.1 Å². The average Bonchev–Trinajstić information content (AvgIpc) is 3.43. The summed E-state index contributed by atoms with van der Waals surface area (Å²) in [4.78, 5) is 21.8. The SMILES string of the molecule is CC(C)c1noc([C@H](C)N2CCC[C@H](c3[nH]ncc3C(=O)N3CCOCC3)C2)n1. The van der Waals surface area contributed by atoms with Gasteiger partial charge in [-0.2, -0.15) is 10.1 Å². The Morgan fingerprint density at radius 1 is 1.24 bits per heavy atom. The number of ether oxygens (including phenoxy) is 1. The molecule has 4 rings (SSSR count). The largest absolute Gasteiger partial charge is 0.378 e. The first-order chi connectivity index (χ1) is 14.0. The zero-order valence-electron chi connectivity index (χ0n) is 17.4. The van der Waals surface area contributed by atoms with Crippen LogP contribution in [-0.2, 0) is 4.74 Å². The van der Waals surface area contributed by atoms with Gasteiger partial charge in [-0.1, -0.05) is 19.0 Å². The highest BCUT2D eigenvalue weighted by Gasteiger charge is 2.32. The van der Waals surface area contributed by atoms with E-state index in [0.717, 1.165) is 37.4 Å². The van der Waals surface area contributed by atoms with Gasteiger partial charge in [-0.3, -0.25) is 14.8 Å². The fourth-order valence-electron chi connectivity index (χ4n) is 4.12. The topological polar surface area (TPSA) is 100 Å². The second-order valence-corrected chi connectivity index (χ2v) is 8.26. The number of aromatic nitrogens is 4. The number of hydrogen-bond donors (Lipinski definition) is 1. The number of likely N-dealkylation sites (tertiary alicyclic amines) is 1. The lowest BCUT2D eigenvalue weighted by atomic mass is 9.91. The Morgan fingerprint density at radius 3 is 2.76 bits per heavy atom. The smallest absolute Gasteiger partial charge is 0.257 e. The predicted octanol–water partition coefficient (Wildman–Crippen LogP) is 2.33. The first-order valence-corrected chi connectivity index (χ1v) is 10.5. The monoisotopic (exact) mass is 402 g/mol. The van der Waals surface area contributed by atoms with Crippen LogP contribution in [0, 0.1) is 0 Å². The van der Waals surface area contributed by atoms with Gasteiger partial charge in [0, 0.05) is 31.5 Å². The van der Waals surface area contributed by atoms with Gasteiger partial charge in [0.2, 0.25) is 5.89 Å². The number of H-pyrrole nitrogens is 1. The van der Waals surface area contributed by atoms with E-state index in [-0.39, 0.29) is 23.8 Å². The second kappa shape index (κ2) is 8.62. The van der Waals surface area contributed by atoms with E-state index >= 15 is 0 Å². The van der Waals surface area contributed by atoms with Crippen LogP contribution in [0.4, 0.5) is 0 Å². The van der Waals surface area contributed by atoms with Crippen molar-refractivity contribution in [1.29, 1.82) is 0 Å². The van der Waals surface area contributed by atoms with E-state index in [9.17, 15) is 4.79 Å². The van der Waals surface area contributed by atoms with Crippen LogP contribution in [0.25, 0.3) is 0 Å². The fourth-order valence-corrected chi connectivity index (χ4v) is 4.12. The summed E-state index contributed by atoms with van der Waals surface area (Å²) in [6, 6.07) is 0.0408. The molecule has 9 nitrogen and oxygen atoms in total. The molecule has 29 heavy (non-hydrogen) atoms.